The fraction of sp³-hybridized carbons (Fsp3) is 0.0769. The third-order valence-corrected chi connectivity index (χ3v) is 6.94. The van der Waals surface area contributed by atoms with Crippen LogP contribution in [-0.4, -0.2) is 14.8 Å². The Hall–Kier alpha value is -3.62. The Morgan fingerprint density at radius 1 is 0.912 bits per heavy atom. The van der Waals surface area contributed by atoms with Crippen molar-refractivity contribution < 1.29 is 0 Å². The Balaban J connectivity index is 1.61. The van der Waals surface area contributed by atoms with Gasteiger partial charge >= 0.3 is 5.56 Å². The molecule has 6 nitrogen and oxygen atoms in total. The van der Waals surface area contributed by atoms with E-state index in [0.717, 1.165) is 38.1 Å². The summed E-state index contributed by atoms with van der Waals surface area (Å²) < 4.78 is 2.44. The third kappa shape index (κ3) is 4.30. The van der Waals surface area contributed by atoms with Gasteiger partial charge in [-0.15, -0.1) is 16.5 Å². The lowest BCUT2D eigenvalue weighted by molar-refractivity contribution is 0.843. The van der Waals surface area contributed by atoms with E-state index in [-0.39, 0.29) is 11.2 Å². The molecular weight excluding hydrogens is 510 g/mol. The van der Waals surface area contributed by atoms with E-state index in [0.29, 0.717) is 10.8 Å². The first-order chi connectivity index (χ1) is 16.5. The van der Waals surface area contributed by atoms with E-state index in [4.69, 9.17) is 4.98 Å². The van der Waals surface area contributed by atoms with Crippen molar-refractivity contribution in [2.45, 2.75) is 13.8 Å². The zero-order chi connectivity index (χ0) is 23.7. The van der Waals surface area contributed by atoms with Crippen molar-refractivity contribution in [3.05, 3.63) is 104 Å². The van der Waals surface area contributed by atoms with Crippen LogP contribution >= 0.6 is 27.3 Å². The van der Waals surface area contributed by atoms with Gasteiger partial charge in [0.05, 0.1) is 17.1 Å². The summed E-state index contributed by atoms with van der Waals surface area (Å²) in [5.41, 5.74) is 6.04. The molecule has 1 N–H and O–H groups in total. The molecule has 0 radical (unpaired) electrons. The lowest BCUT2D eigenvalue weighted by atomic mass is 10.1. The monoisotopic (exact) mass is 529 g/mol. The SMILES string of the molecule is Cc1cccc(N=Nc2c(-c3ccccc3)[nH]n(-c3nc(-c4ccc(Br)cc4)cs3)c2=O)c1C. The minimum atomic E-state index is -0.301. The summed E-state index contributed by atoms with van der Waals surface area (Å²) in [7, 11) is 0. The Bertz CT molecular complexity index is 1550. The van der Waals surface area contributed by atoms with Crippen LogP contribution in [0.2, 0.25) is 0 Å². The van der Waals surface area contributed by atoms with E-state index in [9.17, 15) is 4.79 Å². The van der Waals surface area contributed by atoms with Gasteiger partial charge in [-0.25, -0.2) is 4.98 Å². The molecular formula is C26H20BrN5OS. The molecule has 0 atom stereocenters. The molecule has 0 aliphatic carbocycles. The second-order valence-corrected chi connectivity index (χ2v) is 9.54. The number of rotatable bonds is 5. The molecule has 2 heterocycles. The van der Waals surface area contributed by atoms with Gasteiger partial charge in [0.1, 0.15) is 0 Å². The number of H-pyrrole nitrogens is 1. The Morgan fingerprint density at radius 3 is 2.44 bits per heavy atom. The first-order valence-electron chi connectivity index (χ1n) is 10.6. The van der Waals surface area contributed by atoms with E-state index in [2.05, 4.69) is 31.3 Å². The molecule has 0 bridgehead atoms. The smallest absolute Gasteiger partial charge is 0.286 e. The average molecular weight is 530 g/mol. The Morgan fingerprint density at radius 2 is 1.68 bits per heavy atom. The molecule has 168 valence electrons. The molecule has 0 saturated carbocycles. The molecule has 5 rings (SSSR count). The van der Waals surface area contributed by atoms with Crippen LogP contribution in [0, 0.1) is 13.8 Å². The predicted molar refractivity (Wildman–Crippen MR) is 141 cm³/mol. The van der Waals surface area contributed by atoms with Crippen molar-refractivity contribution in [3.63, 3.8) is 0 Å². The molecule has 0 unspecified atom stereocenters. The van der Waals surface area contributed by atoms with Crippen LogP contribution in [0.25, 0.3) is 27.6 Å². The number of hydrogen-bond donors (Lipinski definition) is 1. The molecule has 3 aromatic carbocycles. The van der Waals surface area contributed by atoms with Gasteiger partial charge in [-0.2, -0.15) is 9.80 Å². The van der Waals surface area contributed by atoms with Crippen LogP contribution in [-0.2, 0) is 0 Å². The number of aromatic amines is 1. The Labute approximate surface area is 208 Å². The van der Waals surface area contributed by atoms with E-state index in [1.165, 1.54) is 16.0 Å². The number of halogens is 1. The van der Waals surface area contributed by atoms with Gasteiger partial charge in [-0.05, 0) is 43.2 Å². The average Bonchev–Trinajstić information content (AvgIpc) is 3.46. The molecule has 0 saturated heterocycles. The van der Waals surface area contributed by atoms with Gasteiger partial charge in [-0.3, -0.25) is 9.89 Å². The second-order valence-electron chi connectivity index (χ2n) is 7.78. The molecule has 34 heavy (non-hydrogen) atoms. The van der Waals surface area contributed by atoms with Crippen molar-refractivity contribution in [3.8, 4) is 27.6 Å². The number of benzene rings is 3. The van der Waals surface area contributed by atoms with Crippen LogP contribution in [0.15, 0.2) is 97.7 Å². The van der Waals surface area contributed by atoms with Crippen LogP contribution in [0.1, 0.15) is 11.1 Å². The quantitative estimate of drug-likeness (QED) is 0.236. The third-order valence-electron chi connectivity index (χ3n) is 5.59. The van der Waals surface area contributed by atoms with E-state index in [1.54, 1.807) is 0 Å². The lowest BCUT2D eigenvalue weighted by Gasteiger charge is -2.02. The van der Waals surface area contributed by atoms with Crippen molar-refractivity contribution in [2.75, 3.05) is 0 Å². The highest BCUT2D eigenvalue weighted by Crippen LogP contribution is 2.31. The summed E-state index contributed by atoms with van der Waals surface area (Å²) in [6, 6.07) is 23.4. The number of azo groups is 1. The largest absolute Gasteiger partial charge is 0.301 e. The van der Waals surface area contributed by atoms with Gasteiger partial charge in [0.25, 0.3) is 0 Å². The van der Waals surface area contributed by atoms with Crippen LogP contribution in [0.3, 0.4) is 0 Å². The molecule has 5 aromatic rings. The van der Waals surface area contributed by atoms with E-state index < -0.39 is 0 Å². The van der Waals surface area contributed by atoms with Crippen LogP contribution in [0.4, 0.5) is 11.4 Å². The number of hydrogen-bond acceptors (Lipinski definition) is 5. The zero-order valence-corrected chi connectivity index (χ0v) is 20.9. The summed E-state index contributed by atoms with van der Waals surface area (Å²) in [6.07, 6.45) is 0. The predicted octanol–water partition coefficient (Wildman–Crippen LogP) is 7.75. The maximum atomic E-state index is 13.5. The number of aryl methyl sites for hydroxylation is 1. The fourth-order valence-electron chi connectivity index (χ4n) is 3.53. The molecule has 0 aliphatic rings. The number of nitrogens with zero attached hydrogens (tertiary/aromatic N) is 4. The number of nitrogens with one attached hydrogen (secondary N) is 1. The minimum Gasteiger partial charge on any atom is -0.286 e. The van der Waals surface area contributed by atoms with Crippen LogP contribution < -0.4 is 5.56 Å². The summed E-state index contributed by atoms with van der Waals surface area (Å²) in [4.78, 5) is 18.2. The molecule has 0 fully saturated rings. The highest BCUT2D eigenvalue weighted by atomic mass is 79.9. The highest BCUT2D eigenvalue weighted by molar-refractivity contribution is 9.10. The lowest BCUT2D eigenvalue weighted by Crippen LogP contribution is -2.13. The van der Waals surface area contributed by atoms with Crippen molar-refractivity contribution >= 4 is 38.6 Å². The van der Waals surface area contributed by atoms with E-state index >= 15 is 0 Å². The maximum absolute atomic E-state index is 13.5. The van der Waals surface area contributed by atoms with Gasteiger partial charge in [0.2, 0.25) is 5.13 Å². The molecule has 0 amide bonds. The molecule has 8 heteroatoms. The summed E-state index contributed by atoms with van der Waals surface area (Å²) in [5, 5.41) is 14.5. The Kier molecular flexibility index (Phi) is 6.08. The maximum Gasteiger partial charge on any atom is 0.301 e. The zero-order valence-electron chi connectivity index (χ0n) is 18.5. The summed E-state index contributed by atoms with van der Waals surface area (Å²) >= 11 is 4.84. The highest BCUT2D eigenvalue weighted by Gasteiger charge is 2.19. The normalized spacial score (nSPS) is 11.4. The van der Waals surface area contributed by atoms with Crippen molar-refractivity contribution in [1.29, 1.82) is 0 Å². The van der Waals surface area contributed by atoms with Crippen molar-refractivity contribution in [2.24, 2.45) is 10.2 Å². The molecule has 0 spiro atoms. The van der Waals surface area contributed by atoms with Gasteiger partial charge < -0.3 is 0 Å². The van der Waals surface area contributed by atoms with Crippen molar-refractivity contribution in [1.82, 2.24) is 14.8 Å². The van der Waals surface area contributed by atoms with Gasteiger partial charge in [0, 0.05) is 21.0 Å². The topological polar surface area (TPSA) is 75.4 Å². The molecule has 2 aromatic heterocycles. The minimum absolute atomic E-state index is 0.243. The van der Waals surface area contributed by atoms with Gasteiger partial charge in [-0.1, -0.05) is 70.5 Å². The van der Waals surface area contributed by atoms with E-state index in [1.807, 2.05) is 92.0 Å². The summed E-state index contributed by atoms with van der Waals surface area (Å²) in [6.45, 7) is 4.02. The number of thiazole rings is 1. The standard InChI is InChI=1S/C26H20BrN5OS/c1-16-7-6-10-21(17(16)2)29-30-24-23(19-8-4-3-5-9-19)31-32(25(24)33)26-28-22(15-34-26)18-11-13-20(27)14-12-18/h3-15,31H,1-2H3. The fourth-order valence-corrected chi connectivity index (χ4v) is 4.59. The first kappa shape index (κ1) is 22.2. The number of aromatic nitrogens is 3. The van der Waals surface area contributed by atoms with Crippen LogP contribution in [0.5, 0.6) is 0 Å². The summed E-state index contributed by atoms with van der Waals surface area (Å²) in [5.74, 6) is 0. The molecule has 0 aliphatic heterocycles. The second kappa shape index (κ2) is 9.32. The van der Waals surface area contributed by atoms with Gasteiger partial charge in [0.15, 0.2) is 5.69 Å². The first-order valence-corrected chi connectivity index (χ1v) is 12.3.